The summed E-state index contributed by atoms with van der Waals surface area (Å²) in [5.74, 6) is 6.60. The van der Waals surface area contributed by atoms with E-state index in [-0.39, 0.29) is 11.1 Å². The topological polar surface area (TPSA) is 24.7 Å². The molecule has 0 N–H and O–H groups in total. The number of nitrogens with zero attached hydrogens (tertiary/aromatic N) is 2. The van der Waals surface area contributed by atoms with Crippen LogP contribution in [0.25, 0.3) is 0 Å². The fourth-order valence-corrected chi connectivity index (χ4v) is 8.01. The van der Waals surface area contributed by atoms with Gasteiger partial charge < -0.3 is 0 Å². The summed E-state index contributed by atoms with van der Waals surface area (Å²) in [6.45, 7) is 17.8. The minimum Gasteiger partial charge on any atom is -0.294 e. The smallest absolute Gasteiger partial charge is 0.0629 e. The SMILES string of the molecule is C=N[C@]1(C)[C@H](C)C[C@@H]2C[C@H](C)[C@H]3CC[C@](C)(N=C)[C@H]4CC[C@H]1[C@@H]2[C@H]34. The lowest BCUT2D eigenvalue weighted by molar-refractivity contribution is -0.148. The van der Waals surface area contributed by atoms with Crippen LogP contribution >= 0.6 is 0 Å². The van der Waals surface area contributed by atoms with Crippen molar-refractivity contribution in [2.75, 3.05) is 0 Å². The van der Waals surface area contributed by atoms with E-state index in [4.69, 9.17) is 9.98 Å². The molecule has 0 aromatic heterocycles. The maximum atomic E-state index is 4.76. The molecule has 0 amide bonds. The molecule has 10 atom stereocenters. The summed E-state index contributed by atoms with van der Waals surface area (Å²) in [7, 11) is 0. The van der Waals surface area contributed by atoms with Crippen molar-refractivity contribution in [1.82, 2.24) is 0 Å². The van der Waals surface area contributed by atoms with Crippen molar-refractivity contribution in [3.05, 3.63) is 0 Å². The summed E-state index contributed by atoms with van der Waals surface area (Å²) < 4.78 is 0. The van der Waals surface area contributed by atoms with Crippen LogP contribution in [-0.4, -0.2) is 24.5 Å². The monoisotopic (exact) mass is 328 g/mol. The quantitative estimate of drug-likeness (QED) is 0.617. The first-order valence-electron chi connectivity index (χ1n) is 10.3. The highest BCUT2D eigenvalue weighted by Crippen LogP contribution is 2.66. The summed E-state index contributed by atoms with van der Waals surface area (Å²) in [6.07, 6.45) is 8.08. The molecule has 0 heterocycles. The van der Waals surface area contributed by atoms with Crippen molar-refractivity contribution >= 4 is 13.4 Å². The van der Waals surface area contributed by atoms with Gasteiger partial charge in [0.2, 0.25) is 0 Å². The van der Waals surface area contributed by atoms with Gasteiger partial charge in [-0.2, -0.15) is 0 Å². The molecule has 24 heavy (non-hydrogen) atoms. The normalized spacial score (nSPS) is 59.3. The van der Waals surface area contributed by atoms with Crippen LogP contribution in [0.2, 0.25) is 0 Å². The van der Waals surface area contributed by atoms with Gasteiger partial charge in [0.15, 0.2) is 0 Å². The van der Waals surface area contributed by atoms with E-state index in [0.29, 0.717) is 5.92 Å². The van der Waals surface area contributed by atoms with Gasteiger partial charge in [0, 0.05) is 0 Å². The van der Waals surface area contributed by atoms with Crippen LogP contribution in [0.15, 0.2) is 9.98 Å². The Bertz CT molecular complexity index is 542. The van der Waals surface area contributed by atoms with Gasteiger partial charge in [-0.15, -0.1) is 0 Å². The summed E-state index contributed by atoms with van der Waals surface area (Å²) in [5.41, 5.74) is 0.210. The third-order valence-electron chi connectivity index (χ3n) is 9.50. The van der Waals surface area contributed by atoms with E-state index in [1.165, 1.54) is 38.5 Å². The predicted octanol–water partition coefficient (Wildman–Crippen LogP) is 5.27. The average Bonchev–Trinajstić information content (AvgIpc) is 2.58. The summed E-state index contributed by atoms with van der Waals surface area (Å²) in [5, 5.41) is 0. The molecule has 0 aliphatic heterocycles. The Morgan fingerprint density at radius 2 is 1.58 bits per heavy atom. The molecule has 0 saturated heterocycles. The fraction of sp³-hybridized carbons (Fsp3) is 0.909. The molecule has 4 saturated carbocycles. The minimum atomic E-state index is 0.0900. The molecule has 0 bridgehead atoms. The molecule has 0 unspecified atom stereocenters. The zero-order chi connectivity index (χ0) is 17.3. The average molecular weight is 329 g/mol. The highest BCUT2D eigenvalue weighted by Gasteiger charge is 2.62. The fourth-order valence-electron chi connectivity index (χ4n) is 8.01. The molecule has 0 aromatic rings. The molecular weight excluding hydrogens is 292 g/mol. The van der Waals surface area contributed by atoms with Gasteiger partial charge in [-0.25, -0.2) is 0 Å². The van der Waals surface area contributed by atoms with Crippen molar-refractivity contribution in [3.8, 4) is 0 Å². The van der Waals surface area contributed by atoms with E-state index in [9.17, 15) is 0 Å². The molecule has 4 rings (SSSR count). The van der Waals surface area contributed by atoms with Gasteiger partial charge in [-0.05, 0) is 113 Å². The van der Waals surface area contributed by atoms with E-state index in [0.717, 1.165) is 41.4 Å². The minimum absolute atomic E-state index is 0.0900. The highest BCUT2D eigenvalue weighted by molar-refractivity contribution is 5.29. The Kier molecular flexibility index (Phi) is 3.79. The molecule has 0 radical (unpaired) electrons. The molecule has 0 spiro atoms. The van der Waals surface area contributed by atoms with Gasteiger partial charge >= 0.3 is 0 Å². The lowest BCUT2D eigenvalue weighted by atomic mass is 9.40. The lowest BCUT2D eigenvalue weighted by Gasteiger charge is -2.66. The molecule has 2 nitrogen and oxygen atoms in total. The molecule has 2 heteroatoms. The molecule has 4 aliphatic carbocycles. The van der Waals surface area contributed by atoms with Gasteiger partial charge in [-0.3, -0.25) is 9.98 Å². The van der Waals surface area contributed by atoms with Crippen molar-refractivity contribution in [2.45, 2.75) is 77.3 Å². The van der Waals surface area contributed by atoms with Crippen LogP contribution in [0.3, 0.4) is 0 Å². The zero-order valence-corrected chi connectivity index (χ0v) is 16.2. The van der Waals surface area contributed by atoms with E-state index in [1.807, 2.05) is 0 Å². The van der Waals surface area contributed by atoms with E-state index in [1.54, 1.807) is 0 Å². The number of hydrogen-bond donors (Lipinski definition) is 0. The van der Waals surface area contributed by atoms with Crippen LogP contribution in [0.5, 0.6) is 0 Å². The third-order valence-corrected chi connectivity index (χ3v) is 9.50. The Morgan fingerprint density at radius 3 is 2.25 bits per heavy atom. The second-order valence-electron chi connectivity index (χ2n) is 10.2. The first kappa shape index (κ1) is 16.8. The third kappa shape index (κ3) is 2.01. The molecule has 0 aromatic carbocycles. The molecule has 134 valence electrons. The molecule has 4 fully saturated rings. The number of rotatable bonds is 2. The maximum Gasteiger partial charge on any atom is 0.0629 e. The van der Waals surface area contributed by atoms with E-state index in [2.05, 4.69) is 41.1 Å². The van der Waals surface area contributed by atoms with Gasteiger partial charge in [0.25, 0.3) is 0 Å². The van der Waals surface area contributed by atoms with Crippen LogP contribution in [0, 0.1) is 47.3 Å². The van der Waals surface area contributed by atoms with Crippen LogP contribution in [-0.2, 0) is 0 Å². The Balaban J connectivity index is 1.78. The van der Waals surface area contributed by atoms with Crippen LogP contribution < -0.4 is 0 Å². The molecule has 4 aliphatic rings. The Labute approximate surface area is 148 Å². The standard InChI is InChI=1S/C22H36N2/c1-13-11-15-12-14(2)22(4,24-6)18-8-7-17-20(19(15)18)16(13)9-10-21(17,3)23-5/h13-20H,5-12H2,1-4H3/t13-,14+,15-,16+,17-,18-,19+,20+,21-,22+/m0/s1. The van der Waals surface area contributed by atoms with E-state index < -0.39 is 0 Å². The van der Waals surface area contributed by atoms with Gasteiger partial charge in [0.1, 0.15) is 0 Å². The first-order valence-corrected chi connectivity index (χ1v) is 10.3. The van der Waals surface area contributed by atoms with Crippen molar-refractivity contribution < 1.29 is 0 Å². The predicted molar refractivity (Wildman–Crippen MR) is 103 cm³/mol. The zero-order valence-electron chi connectivity index (χ0n) is 16.2. The van der Waals surface area contributed by atoms with Gasteiger partial charge in [0.05, 0.1) is 11.1 Å². The Morgan fingerprint density at radius 1 is 0.875 bits per heavy atom. The van der Waals surface area contributed by atoms with Crippen LogP contribution in [0.4, 0.5) is 0 Å². The van der Waals surface area contributed by atoms with E-state index >= 15 is 0 Å². The van der Waals surface area contributed by atoms with Crippen LogP contribution in [0.1, 0.15) is 66.2 Å². The van der Waals surface area contributed by atoms with Crippen molar-refractivity contribution in [2.24, 2.45) is 57.3 Å². The maximum absolute atomic E-state index is 4.76. The van der Waals surface area contributed by atoms with Crippen molar-refractivity contribution in [1.29, 1.82) is 0 Å². The molecular formula is C22H36N2. The number of hydrogen-bond acceptors (Lipinski definition) is 2. The first-order chi connectivity index (χ1) is 11.4. The largest absolute Gasteiger partial charge is 0.294 e. The summed E-state index contributed by atoms with van der Waals surface area (Å²) >= 11 is 0. The van der Waals surface area contributed by atoms with Gasteiger partial charge in [-0.1, -0.05) is 13.8 Å². The lowest BCUT2D eigenvalue weighted by Crippen LogP contribution is -2.63. The summed E-state index contributed by atoms with van der Waals surface area (Å²) in [6, 6.07) is 0. The second-order valence-corrected chi connectivity index (χ2v) is 10.2. The second kappa shape index (κ2) is 5.42. The highest BCUT2D eigenvalue weighted by atomic mass is 14.9. The summed E-state index contributed by atoms with van der Waals surface area (Å²) in [4.78, 5) is 9.45. The Hall–Kier alpha value is -0.660. The number of aliphatic imine (C=N–C) groups is 2. The van der Waals surface area contributed by atoms with Crippen molar-refractivity contribution in [3.63, 3.8) is 0 Å².